The number of hydrogen-bond donors (Lipinski definition) is 0. The van der Waals surface area contributed by atoms with E-state index in [1.54, 1.807) is 0 Å². The summed E-state index contributed by atoms with van der Waals surface area (Å²) in [7, 11) is 0. The molecule has 0 saturated heterocycles. The predicted octanol–water partition coefficient (Wildman–Crippen LogP) is 13.2. The lowest BCUT2D eigenvalue weighted by Crippen LogP contribution is -1.92. The van der Waals surface area contributed by atoms with E-state index in [0.717, 1.165) is 11.2 Å². The minimum atomic E-state index is 0.925. The first-order valence-corrected chi connectivity index (χ1v) is 16.2. The van der Waals surface area contributed by atoms with E-state index in [1.807, 2.05) is 0 Å². The molecule has 0 aliphatic heterocycles. The highest BCUT2D eigenvalue weighted by molar-refractivity contribution is 6.31. The highest BCUT2D eigenvalue weighted by Crippen LogP contribution is 2.49. The van der Waals surface area contributed by atoms with Crippen LogP contribution < -0.4 is 0 Å². The Hall–Kier alpha value is -6.18. The van der Waals surface area contributed by atoms with Gasteiger partial charge < -0.3 is 4.42 Å². The van der Waals surface area contributed by atoms with Crippen molar-refractivity contribution in [1.29, 1.82) is 0 Å². The van der Waals surface area contributed by atoms with Crippen LogP contribution in [-0.4, -0.2) is 0 Å². The summed E-state index contributed by atoms with van der Waals surface area (Å²) in [5, 5.41) is 9.82. The molecule has 218 valence electrons. The largest absolute Gasteiger partial charge is 0.456 e. The second-order valence-corrected chi connectivity index (χ2v) is 12.4. The summed E-state index contributed by atoms with van der Waals surface area (Å²) in [6, 6.07) is 61.5. The Labute approximate surface area is 272 Å². The van der Waals surface area contributed by atoms with E-state index < -0.39 is 0 Å². The second-order valence-electron chi connectivity index (χ2n) is 12.4. The molecular formula is C46H28O. The van der Waals surface area contributed by atoms with Crippen LogP contribution in [0.2, 0.25) is 0 Å². The predicted molar refractivity (Wildman–Crippen MR) is 199 cm³/mol. The third-order valence-corrected chi connectivity index (χ3v) is 9.83. The first-order valence-electron chi connectivity index (χ1n) is 16.2. The molecule has 1 heteroatoms. The molecule has 1 aromatic heterocycles. The number of furan rings is 1. The minimum absolute atomic E-state index is 0.925. The first kappa shape index (κ1) is 26.1. The van der Waals surface area contributed by atoms with Gasteiger partial charge in [-0.1, -0.05) is 146 Å². The quantitative estimate of drug-likeness (QED) is 0.145. The molecule has 0 unspecified atom stereocenters. The number of benzene rings is 9. The zero-order valence-electron chi connectivity index (χ0n) is 25.6. The maximum absolute atomic E-state index is 6.54. The normalized spacial score (nSPS) is 11.8. The van der Waals surface area contributed by atoms with Crippen LogP contribution in [0.15, 0.2) is 174 Å². The Bertz CT molecular complexity index is 2710. The average Bonchev–Trinajstić information content (AvgIpc) is 3.53. The number of hydrogen-bond acceptors (Lipinski definition) is 1. The molecule has 1 nitrogen and oxygen atoms in total. The van der Waals surface area contributed by atoms with E-state index in [4.69, 9.17) is 4.42 Å². The molecule has 47 heavy (non-hydrogen) atoms. The monoisotopic (exact) mass is 596 g/mol. The Morgan fingerprint density at radius 1 is 0.277 bits per heavy atom. The second kappa shape index (κ2) is 10.2. The molecule has 0 bridgehead atoms. The van der Waals surface area contributed by atoms with Gasteiger partial charge >= 0.3 is 0 Å². The third kappa shape index (κ3) is 3.90. The molecule has 0 N–H and O–H groups in total. The van der Waals surface area contributed by atoms with Gasteiger partial charge in [-0.25, -0.2) is 0 Å². The molecule has 0 amide bonds. The van der Waals surface area contributed by atoms with Gasteiger partial charge in [0.15, 0.2) is 0 Å². The van der Waals surface area contributed by atoms with Gasteiger partial charge in [0.2, 0.25) is 0 Å². The van der Waals surface area contributed by atoms with Crippen LogP contribution in [0.5, 0.6) is 0 Å². The molecule has 0 aliphatic carbocycles. The maximum Gasteiger partial charge on any atom is 0.136 e. The van der Waals surface area contributed by atoms with Gasteiger partial charge in [-0.05, 0) is 101 Å². The van der Waals surface area contributed by atoms with Crippen LogP contribution in [0.1, 0.15) is 0 Å². The maximum atomic E-state index is 6.54. The van der Waals surface area contributed by atoms with E-state index >= 15 is 0 Å². The lowest BCUT2D eigenvalue weighted by atomic mass is 9.83. The fraction of sp³-hybridized carbons (Fsp3) is 0. The lowest BCUT2D eigenvalue weighted by Gasteiger charge is -2.19. The smallest absolute Gasteiger partial charge is 0.136 e. The van der Waals surface area contributed by atoms with Gasteiger partial charge in [-0.3, -0.25) is 0 Å². The van der Waals surface area contributed by atoms with Crippen LogP contribution in [0.25, 0.3) is 98.8 Å². The Kier molecular flexibility index (Phi) is 5.64. The molecule has 10 rings (SSSR count). The van der Waals surface area contributed by atoms with Gasteiger partial charge in [-0.2, -0.15) is 0 Å². The molecular weight excluding hydrogens is 569 g/mol. The van der Waals surface area contributed by atoms with Crippen molar-refractivity contribution < 1.29 is 4.42 Å². The molecule has 0 spiro atoms. The summed E-state index contributed by atoms with van der Waals surface area (Å²) in [4.78, 5) is 0. The van der Waals surface area contributed by atoms with Gasteiger partial charge in [-0.15, -0.1) is 0 Å². The zero-order chi connectivity index (χ0) is 30.9. The summed E-state index contributed by atoms with van der Waals surface area (Å²) >= 11 is 0. The van der Waals surface area contributed by atoms with Crippen molar-refractivity contribution in [2.24, 2.45) is 0 Å². The van der Waals surface area contributed by atoms with Gasteiger partial charge in [0.1, 0.15) is 11.2 Å². The SMILES string of the molecule is c1ccc(-c2cccc(-c3ccc4oc5cccc6c(-c7c8ccccc8c(-c8ccccc8)c8ccccc78)cc3c4c56)c2)cc1. The molecule has 0 saturated carbocycles. The van der Waals surface area contributed by atoms with Crippen molar-refractivity contribution in [3.05, 3.63) is 170 Å². The summed E-state index contributed by atoms with van der Waals surface area (Å²) < 4.78 is 6.54. The van der Waals surface area contributed by atoms with E-state index in [2.05, 4.69) is 170 Å². The van der Waals surface area contributed by atoms with Crippen LogP contribution in [0, 0.1) is 0 Å². The highest BCUT2D eigenvalue weighted by Gasteiger charge is 2.23. The van der Waals surface area contributed by atoms with Crippen molar-refractivity contribution in [1.82, 2.24) is 0 Å². The van der Waals surface area contributed by atoms with E-state index in [1.165, 1.54) is 87.6 Å². The number of fused-ring (bicyclic) bond motifs is 2. The van der Waals surface area contributed by atoms with Crippen molar-refractivity contribution in [3.63, 3.8) is 0 Å². The van der Waals surface area contributed by atoms with E-state index in [0.29, 0.717) is 0 Å². The number of rotatable bonds is 4. The van der Waals surface area contributed by atoms with Crippen molar-refractivity contribution in [2.75, 3.05) is 0 Å². The molecule has 0 atom stereocenters. The summed E-state index contributed by atoms with van der Waals surface area (Å²) in [5.41, 5.74) is 11.7. The van der Waals surface area contributed by atoms with Crippen molar-refractivity contribution >= 4 is 54.3 Å². The molecule has 9 aromatic carbocycles. The fourth-order valence-corrected chi connectivity index (χ4v) is 7.82. The summed E-state index contributed by atoms with van der Waals surface area (Å²) in [6.07, 6.45) is 0. The molecule has 0 aliphatic rings. The highest BCUT2D eigenvalue weighted by atomic mass is 16.3. The first-order chi connectivity index (χ1) is 23.3. The fourth-order valence-electron chi connectivity index (χ4n) is 7.82. The Morgan fingerprint density at radius 3 is 1.49 bits per heavy atom. The molecule has 1 heterocycles. The lowest BCUT2D eigenvalue weighted by molar-refractivity contribution is 0.669. The van der Waals surface area contributed by atoms with E-state index in [9.17, 15) is 0 Å². The zero-order valence-corrected chi connectivity index (χ0v) is 25.6. The molecule has 0 fully saturated rings. The van der Waals surface area contributed by atoms with Crippen molar-refractivity contribution in [2.45, 2.75) is 0 Å². The summed E-state index contributed by atoms with van der Waals surface area (Å²) in [5.74, 6) is 0. The van der Waals surface area contributed by atoms with Crippen LogP contribution >= 0.6 is 0 Å². The van der Waals surface area contributed by atoms with Crippen molar-refractivity contribution in [3.8, 4) is 44.5 Å². The van der Waals surface area contributed by atoms with E-state index in [-0.39, 0.29) is 0 Å². The molecule has 10 aromatic rings. The topological polar surface area (TPSA) is 13.1 Å². The van der Waals surface area contributed by atoms with Crippen LogP contribution in [0.3, 0.4) is 0 Å². The van der Waals surface area contributed by atoms with Gasteiger partial charge in [0, 0.05) is 10.8 Å². The standard InChI is InChI=1S/C46H28O/c1-3-13-29(14-4-1)31-17-11-18-32(27-31)33-25-26-42-46-39(33)28-40(38-23-12-24-41(47-42)45(38)46)44-36-21-9-7-19-34(36)43(30-15-5-2-6-16-30)35-20-8-10-22-37(35)44/h1-28H. The third-order valence-electron chi connectivity index (χ3n) is 9.83. The summed E-state index contributed by atoms with van der Waals surface area (Å²) in [6.45, 7) is 0. The Balaban J connectivity index is 1.34. The van der Waals surface area contributed by atoms with Crippen LogP contribution in [0.4, 0.5) is 0 Å². The van der Waals surface area contributed by atoms with Gasteiger partial charge in [0.05, 0.1) is 0 Å². The Morgan fingerprint density at radius 2 is 0.787 bits per heavy atom. The average molecular weight is 597 g/mol. The van der Waals surface area contributed by atoms with Crippen LogP contribution in [-0.2, 0) is 0 Å². The van der Waals surface area contributed by atoms with Gasteiger partial charge in [0.25, 0.3) is 0 Å². The minimum Gasteiger partial charge on any atom is -0.456 e. The molecule has 0 radical (unpaired) electrons.